The largest absolute Gasteiger partial charge is 0.322 e. The quantitative estimate of drug-likeness (QED) is 0.702. The predicted molar refractivity (Wildman–Crippen MR) is 95.2 cm³/mol. The maximum atomic E-state index is 13.7. The molecule has 10 heteroatoms. The van der Waals surface area contributed by atoms with E-state index in [1.807, 2.05) is 0 Å². The first-order valence-corrected chi connectivity index (χ1v) is 9.54. The van der Waals surface area contributed by atoms with Gasteiger partial charge in [0.2, 0.25) is 20.9 Å². The third-order valence-corrected chi connectivity index (χ3v) is 5.92. The molecule has 146 valence electrons. The number of benzene rings is 2. The number of hydrogen-bond acceptors (Lipinski definition) is 4. The number of carbonyl (C=O) groups is 1. The van der Waals surface area contributed by atoms with E-state index in [9.17, 15) is 26.4 Å². The highest BCUT2D eigenvalue weighted by Gasteiger charge is 2.34. The standard InChI is InChI=1S/C18H14F3N3O3S/c1-11(17(25)23-16-10-13(20)5-6-15(16)21)28(26,27)18-22-7-8-24(18)14-4-2-3-12(19)9-14/h2-11H,1H3,(H,23,25). The van der Waals surface area contributed by atoms with Crippen LogP contribution in [0.3, 0.4) is 0 Å². The molecule has 0 spiro atoms. The van der Waals surface area contributed by atoms with Crippen LogP contribution in [0, 0.1) is 17.5 Å². The Morgan fingerprint density at radius 1 is 1.11 bits per heavy atom. The Balaban J connectivity index is 1.92. The lowest BCUT2D eigenvalue weighted by Gasteiger charge is -2.15. The molecule has 1 atom stereocenters. The number of aromatic nitrogens is 2. The third kappa shape index (κ3) is 3.77. The minimum atomic E-state index is -4.33. The molecule has 6 nitrogen and oxygen atoms in total. The van der Waals surface area contributed by atoms with Crippen LogP contribution >= 0.6 is 0 Å². The number of imidazole rings is 1. The summed E-state index contributed by atoms with van der Waals surface area (Å²) in [7, 11) is -4.33. The van der Waals surface area contributed by atoms with Gasteiger partial charge < -0.3 is 5.32 Å². The zero-order valence-electron chi connectivity index (χ0n) is 14.4. The first-order chi connectivity index (χ1) is 13.2. The summed E-state index contributed by atoms with van der Waals surface area (Å²) in [5.41, 5.74) is -0.291. The van der Waals surface area contributed by atoms with Gasteiger partial charge in [0.1, 0.15) is 22.7 Å². The van der Waals surface area contributed by atoms with E-state index in [0.717, 1.165) is 35.8 Å². The molecule has 0 aliphatic carbocycles. The molecule has 0 aliphatic heterocycles. The highest BCUT2D eigenvalue weighted by Crippen LogP contribution is 2.22. The molecule has 0 aliphatic rings. The summed E-state index contributed by atoms with van der Waals surface area (Å²) in [5.74, 6) is -3.37. The van der Waals surface area contributed by atoms with Gasteiger partial charge in [0.15, 0.2) is 0 Å². The van der Waals surface area contributed by atoms with Gasteiger partial charge in [0.25, 0.3) is 0 Å². The summed E-state index contributed by atoms with van der Waals surface area (Å²) >= 11 is 0. The third-order valence-electron chi connectivity index (χ3n) is 3.97. The molecule has 1 amide bonds. The van der Waals surface area contributed by atoms with E-state index in [0.29, 0.717) is 0 Å². The number of sulfone groups is 1. The first kappa shape index (κ1) is 19.6. The van der Waals surface area contributed by atoms with Crippen LogP contribution in [0.2, 0.25) is 0 Å². The van der Waals surface area contributed by atoms with Crippen LogP contribution < -0.4 is 5.32 Å². The monoisotopic (exact) mass is 409 g/mol. The predicted octanol–water partition coefficient (Wildman–Crippen LogP) is 3.09. The number of rotatable bonds is 5. The molecule has 1 unspecified atom stereocenters. The van der Waals surface area contributed by atoms with Crippen LogP contribution in [0.5, 0.6) is 0 Å². The smallest absolute Gasteiger partial charge is 0.243 e. The summed E-state index contributed by atoms with van der Waals surface area (Å²) in [5, 5.41) is -0.105. The highest BCUT2D eigenvalue weighted by molar-refractivity contribution is 7.92. The molecule has 28 heavy (non-hydrogen) atoms. The van der Waals surface area contributed by atoms with Gasteiger partial charge in [-0.15, -0.1) is 0 Å². The maximum Gasteiger partial charge on any atom is 0.243 e. The van der Waals surface area contributed by atoms with E-state index < -0.39 is 49.3 Å². The summed E-state index contributed by atoms with van der Waals surface area (Å²) in [6, 6.07) is 7.56. The lowest BCUT2D eigenvalue weighted by molar-refractivity contribution is -0.115. The Morgan fingerprint density at radius 2 is 1.82 bits per heavy atom. The van der Waals surface area contributed by atoms with Crippen LogP contribution in [0.4, 0.5) is 18.9 Å². The van der Waals surface area contributed by atoms with Crippen LogP contribution in [-0.4, -0.2) is 29.1 Å². The van der Waals surface area contributed by atoms with Gasteiger partial charge in [-0.2, -0.15) is 0 Å². The molecule has 0 bridgehead atoms. The SMILES string of the molecule is CC(C(=O)Nc1cc(F)ccc1F)S(=O)(=O)c1nccn1-c1cccc(F)c1. The summed E-state index contributed by atoms with van der Waals surface area (Å²) in [4.78, 5) is 16.1. The topological polar surface area (TPSA) is 81.1 Å². The van der Waals surface area contributed by atoms with Gasteiger partial charge in [-0.1, -0.05) is 6.07 Å². The summed E-state index contributed by atoms with van der Waals surface area (Å²) < 4.78 is 67.2. The fourth-order valence-electron chi connectivity index (χ4n) is 2.45. The normalized spacial score (nSPS) is 12.6. The zero-order chi connectivity index (χ0) is 20.5. The molecule has 0 saturated carbocycles. The minimum Gasteiger partial charge on any atom is -0.322 e. The molecule has 0 radical (unpaired) electrons. The molecule has 1 aromatic heterocycles. The zero-order valence-corrected chi connectivity index (χ0v) is 15.3. The van der Waals surface area contributed by atoms with Gasteiger partial charge in [-0.3, -0.25) is 9.36 Å². The second-order valence-electron chi connectivity index (χ2n) is 5.86. The van der Waals surface area contributed by atoms with Gasteiger partial charge >= 0.3 is 0 Å². The Morgan fingerprint density at radius 3 is 2.54 bits per heavy atom. The number of halogens is 3. The Bertz CT molecular complexity index is 1150. The fourth-order valence-corrected chi connectivity index (χ4v) is 3.75. The fraction of sp³-hybridized carbons (Fsp3) is 0.111. The molecule has 0 fully saturated rings. The van der Waals surface area contributed by atoms with Crippen molar-refractivity contribution in [1.82, 2.24) is 9.55 Å². The van der Waals surface area contributed by atoms with Crippen molar-refractivity contribution < 1.29 is 26.4 Å². The molecule has 3 rings (SSSR count). The van der Waals surface area contributed by atoms with Crippen LogP contribution in [0.25, 0.3) is 5.69 Å². The lowest BCUT2D eigenvalue weighted by atomic mass is 10.3. The van der Waals surface area contributed by atoms with Crippen LogP contribution in [0.15, 0.2) is 60.0 Å². The number of nitrogens with zero attached hydrogens (tertiary/aromatic N) is 2. The molecular weight excluding hydrogens is 395 g/mol. The molecule has 1 N–H and O–H groups in total. The average Bonchev–Trinajstić information content (AvgIpc) is 3.14. The highest BCUT2D eigenvalue weighted by atomic mass is 32.2. The van der Waals surface area contributed by atoms with Crippen molar-refractivity contribution in [1.29, 1.82) is 0 Å². The number of anilines is 1. The molecule has 0 saturated heterocycles. The van der Waals surface area contributed by atoms with Gasteiger partial charge in [0.05, 0.1) is 11.4 Å². The summed E-state index contributed by atoms with van der Waals surface area (Å²) in [6.45, 7) is 1.09. The van der Waals surface area contributed by atoms with Crippen molar-refractivity contribution in [2.75, 3.05) is 5.32 Å². The van der Waals surface area contributed by atoms with Crippen molar-refractivity contribution in [2.24, 2.45) is 0 Å². The van der Waals surface area contributed by atoms with Crippen LogP contribution in [0.1, 0.15) is 6.92 Å². The number of carbonyl (C=O) groups excluding carboxylic acids is 1. The minimum absolute atomic E-state index is 0.194. The van der Waals surface area contributed by atoms with E-state index in [4.69, 9.17) is 0 Å². The number of amides is 1. The second kappa shape index (κ2) is 7.47. The Hall–Kier alpha value is -3.14. The lowest BCUT2D eigenvalue weighted by Crippen LogP contribution is -2.34. The van der Waals surface area contributed by atoms with Crippen LogP contribution in [-0.2, 0) is 14.6 Å². The number of nitrogens with one attached hydrogen (secondary N) is 1. The molecular formula is C18H14F3N3O3S. The van der Waals surface area contributed by atoms with Crippen molar-refractivity contribution in [3.05, 3.63) is 72.3 Å². The molecule has 1 heterocycles. The van der Waals surface area contributed by atoms with Gasteiger partial charge in [-0.05, 0) is 37.3 Å². The average molecular weight is 409 g/mol. The van der Waals surface area contributed by atoms with E-state index in [-0.39, 0.29) is 5.69 Å². The second-order valence-corrected chi connectivity index (χ2v) is 8.02. The van der Waals surface area contributed by atoms with Gasteiger partial charge in [-0.25, -0.2) is 26.6 Å². The number of hydrogen-bond donors (Lipinski definition) is 1. The molecule has 2 aromatic carbocycles. The van der Waals surface area contributed by atoms with E-state index >= 15 is 0 Å². The Kier molecular flexibility index (Phi) is 5.23. The van der Waals surface area contributed by atoms with Crippen molar-refractivity contribution in [3.8, 4) is 5.69 Å². The van der Waals surface area contributed by atoms with E-state index in [1.165, 1.54) is 30.6 Å². The summed E-state index contributed by atoms with van der Waals surface area (Å²) in [6.07, 6.45) is 2.49. The maximum absolute atomic E-state index is 13.7. The van der Waals surface area contributed by atoms with Crippen molar-refractivity contribution in [3.63, 3.8) is 0 Å². The van der Waals surface area contributed by atoms with E-state index in [2.05, 4.69) is 10.3 Å². The van der Waals surface area contributed by atoms with Gasteiger partial charge in [0, 0.05) is 18.5 Å². The van der Waals surface area contributed by atoms with E-state index in [1.54, 1.807) is 0 Å². The molecule has 3 aromatic rings. The Labute approximate surface area is 158 Å². The first-order valence-electron chi connectivity index (χ1n) is 7.99. The van der Waals surface area contributed by atoms with Crippen molar-refractivity contribution in [2.45, 2.75) is 17.3 Å². The van der Waals surface area contributed by atoms with Crippen molar-refractivity contribution >= 4 is 21.4 Å².